The van der Waals surface area contributed by atoms with Crippen molar-refractivity contribution in [3.63, 3.8) is 0 Å². The van der Waals surface area contributed by atoms with Crippen LogP contribution in [-0.2, 0) is 6.42 Å². The second-order valence-corrected chi connectivity index (χ2v) is 5.20. The summed E-state index contributed by atoms with van der Waals surface area (Å²) in [5.74, 6) is 2.70. The van der Waals surface area contributed by atoms with Crippen LogP contribution in [0.3, 0.4) is 0 Å². The average molecular weight is 262 g/mol. The van der Waals surface area contributed by atoms with E-state index in [1.54, 1.807) is 21.3 Å². The zero-order valence-electron chi connectivity index (χ0n) is 12.6. The van der Waals surface area contributed by atoms with E-state index in [2.05, 4.69) is 26.8 Å². The lowest BCUT2D eigenvalue weighted by Crippen LogP contribution is -2.01. The zero-order chi connectivity index (χ0) is 14.2. The number of fused-ring (bicyclic) bond motifs is 1. The van der Waals surface area contributed by atoms with Crippen LogP contribution < -0.4 is 14.2 Å². The van der Waals surface area contributed by atoms with Crippen molar-refractivity contribution in [1.82, 2.24) is 0 Å². The Morgan fingerprint density at radius 1 is 1.00 bits per heavy atom. The molecule has 0 heterocycles. The first-order valence-electron chi connectivity index (χ1n) is 6.56. The highest BCUT2D eigenvalue weighted by Gasteiger charge is 2.28. The van der Waals surface area contributed by atoms with Gasteiger partial charge in [0.2, 0.25) is 5.75 Å². The minimum absolute atomic E-state index is 0.490. The van der Waals surface area contributed by atoms with E-state index >= 15 is 0 Å². The molecule has 0 unspecified atom stereocenters. The summed E-state index contributed by atoms with van der Waals surface area (Å²) in [5, 5.41) is 0. The van der Waals surface area contributed by atoms with Gasteiger partial charge in [-0.15, -0.1) is 0 Å². The maximum atomic E-state index is 5.57. The van der Waals surface area contributed by atoms with E-state index in [9.17, 15) is 0 Å². The van der Waals surface area contributed by atoms with Gasteiger partial charge in [0.25, 0.3) is 0 Å². The Kier molecular flexibility index (Phi) is 3.74. The van der Waals surface area contributed by atoms with Gasteiger partial charge in [-0.3, -0.25) is 0 Å². The van der Waals surface area contributed by atoms with Gasteiger partial charge in [0, 0.05) is 5.56 Å². The Bertz CT molecular complexity index is 527. The monoisotopic (exact) mass is 262 g/mol. The van der Waals surface area contributed by atoms with Gasteiger partial charge in [0.05, 0.1) is 21.3 Å². The number of hydrogen-bond acceptors (Lipinski definition) is 3. The van der Waals surface area contributed by atoms with E-state index < -0.39 is 0 Å². The first-order chi connectivity index (χ1) is 9.04. The van der Waals surface area contributed by atoms with Crippen molar-refractivity contribution in [3.05, 3.63) is 22.8 Å². The quantitative estimate of drug-likeness (QED) is 0.828. The minimum atomic E-state index is 0.490. The fraction of sp³-hybridized carbons (Fsp3) is 0.500. The van der Waals surface area contributed by atoms with Crippen LogP contribution in [0.25, 0.3) is 5.57 Å². The Hall–Kier alpha value is -1.64. The van der Waals surface area contributed by atoms with Gasteiger partial charge in [-0.05, 0) is 36.5 Å². The molecular formula is C16H22O3. The highest BCUT2D eigenvalue weighted by atomic mass is 16.5. The molecule has 0 bridgehead atoms. The van der Waals surface area contributed by atoms with E-state index in [4.69, 9.17) is 14.2 Å². The molecule has 3 nitrogen and oxygen atoms in total. The summed E-state index contributed by atoms with van der Waals surface area (Å²) in [6.45, 7) is 6.63. The van der Waals surface area contributed by atoms with Gasteiger partial charge in [-0.2, -0.15) is 0 Å². The van der Waals surface area contributed by atoms with Crippen LogP contribution in [0.15, 0.2) is 11.6 Å². The molecule has 0 aliphatic heterocycles. The molecule has 1 aromatic carbocycles. The summed E-state index contributed by atoms with van der Waals surface area (Å²) >= 11 is 0. The first kappa shape index (κ1) is 13.8. The molecule has 0 radical (unpaired) electrons. The van der Waals surface area contributed by atoms with E-state index in [-0.39, 0.29) is 0 Å². The Labute approximate surface area is 115 Å². The summed E-state index contributed by atoms with van der Waals surface area (Å²) < 4.78 is 16.5. The lowest BCUT2D eigenvalue weighted by molar-refractivity contribution is 0.322. The molecule has 0 spiro atoms. The van der Waals surface area contributed by atoms with E-state index in [0.717, 1.165) is 17.9 Å². The molecule has 2 rings (SSSR count). The summed E-state index contributed by atoms with van der Waals surface area (Å²) in [6, 6.07) is 2.07. The third-order valence-corrected chi connectivity index (χ3v) is 3.70. The largest absolute Gasteiger partial charge is 0.493 e. The van der Waals surface area contributed by atoms with Crippen molar-refractivity contribution in [1.29, 1.82) is 0 Å². The van der Waals surface area contributed by atoms with Crippen molar-refractivity contribution in [2.45, 2.75) is 27.2 Å². The molecule has 104 valence electrons. The molecule has 0 N–H and O–H groups in total. The zero-order valence-corrected chi connectivity index (χ0v) is 12.6. The number of hydrogen-bond donors (Lipinski definition) is 0. The molecule has 1 aromatic rings. The van der Waals surface area contributed by atoms with E-state index in [0.29, 0.717) is 11.7 Å². The topological polar surface area (TPSA) is 27.7 Å². The van der Waals surface area contributed by atoms with Crippen molar-refractivity contribution in [2.75, 3.05) is 21.3 Å². The lowest BCUT2D eigenvalue weighted by atomic mass is 9.94. The third kappa shape index (κ3) is 2.07. The van der Waals surface area contributed by atoms with Crippen LogP contribution >= 0.6 is 0 Å². The molecule has 1 aliphatic carbocycles. The minimum Gasteiger partial charge on any atom is -0.493 e. The fourth-order valence-electron chi connectivity index (χ4n) is 3.03. The van der Waals surface area contributed by atoms with Gasteiger partial charge in [0.1, 0.15) is 0 Å². The van der Waals surface area contributed by atoms with Crippen molar-refractivity contribution in [2.24, 2.45) is 5.92 Å². The highest BCUT2D eigenvalue weighted by Crippen LogP contribution is 2.49. The molecule has 0 saturated carbocycles. The van der Waals surface area contributed by atoms with Gasteiger partial charge >= 0.3 is 0 Å². The van der Waals surface area contributed by atoms with Crippen molar-refractivity contribution >= 4 is 5.57 Å². The molecule has 0 saturated heterocycles. The maximum absolute atomic E-state index is 5.57. The Balaban J connectivity index is 2.69. The molecule has 0 amide bonds. The number of methoxy groups -OCH3 is 3. The van der Waals surface area contributed by atoms with Gasteiger partial charge in [0.15, 0.2) is 11.5 Å². The molecule has 3 heteroatoms. The maximum Gasteiger partial charge on any atom is 0.203 e. The van der Waals surface area contributed by atoms with Crippen LogP contribution in [0.4, 0.5) is 0 Å². The molecule has 0 atom stereocenters. The Morgan fingerprint density at radius 3 is 2.11 bits per heavy atom. The normalized spacial score (nSPS) is 13.8. The standard InChI is InChI=1S/C16H22O3/c1-9(2)14-10(3)7-12-11(14)8-13(17-4)16(19-6)15(12)18-5/h8-9H,7H2,1-6H3. The fourth-order valence-corrected chi connectivity index (χ4v) is 3.03. The van der Waals surface area contributed by atoms with Crippen LogP contribution in [0.5, 0.6) is 17.2 Å². The van der Waals surface area contributed by atoms with Crippen LogP contribution in [0.1, 0.15) is 31.9 Å². The third-order valence-electron chi connectivity index (χ3n) is 3.70. The molecular weight excluding hydrogens is 240 g/mol. The summed E-state index contributed by atoms with van der Waals surface area (Å²) in [4.78, 5) is 0. The number of rotatable bonds is 4. The summed E-state index contributed by atoms with van der Waals surface area (Å²) in [7, 11) is 4.98. The second kappa shape index (κ2) is 5.16. The molecule has 1 aliphatic rings. The van der Waals surface area contributed by atoms with Gasteiger partial charge in [-0.1, -0.05) is 19.4 Å². The lowest BCUT2D eigenvalue weighted by Gasteiger charge is -2.18. The molecule has 19 heavy (non-hydrogen) atoms. The van der Waals surface area contributed by atoms with Crippen LogP contribution in [-0.4, -0.2) is 21.3 Å². The van der Waals surface area contributed by atoms with Crippen molar-refractivity contribution < 1.29 is 14.2 Å². The second-order valence-electron chi connectivity index (χ2n) is 5.20. The summed E-state index contributed by atoms with van der Waals surface area (Å²) in [6.07, 6.45) is 0.923. The number of ether oxygens (including phenoxy) is 3. The number of benzene rings is 1. The smallest absolute Gasteiger partial charge is 0.203 e. The van der Waals surface area contributed by atoms with Crippen LogP contribution in [0, 0.1) is 5.92 Å². The summed E-state index contributed by atoms with van der Waals surface area (Å²) in [5.41, 5.74) is 5.25. The van der Waals surface area contributed by atoms with Crippen LogP contribution in [0.2, 0.25) is 0 Å². The molecule has 0 aromatic heterocycles. The first-order valence-corrected chi connectivity index (χ1v) is 6.56. The van der Waals surface area contributed by atoms with E-state index in [1.165, 1.54) is 22.3 Å². The number of allylic oxidation sites excluding steroid dienone is 2. The Morgan fingerprint density at radius 2 is 1.63 bits per heavy atom. The van der Waals surface area contributed by atoms with Crippen molar-refractivity contribution in [3.8, 4) is 17.2 Å². The average Bonchev–Trinajstić information content (AvgIpc) is 2.71. The van der Waals surface area contributed by atoms with Gasteiger partial charge < -0.3 is 14.2 Å². The molecule has 0 fully saturated rings. The predicted molar refractivity (Wildman–Crippen MR) is 77.2 cm³/mol. The predicted octanol–water partition coefficient (Wildman–Crippen LogP) is 3.70. The highest BCUT2D eigenvalue weighted by molar-refractivity contribution is 5.82. The van der Waals surface area contributed by atoms with Gasteiger partial charge in [-0.25, -0.2) is 0 Å². The SMILES string of the molecule is COc1cc2c(c(OC)c1OC)CC(C)=C2C(C)C. The van der Waals surface area contributed by atoms with E-state index in [1.807, 2.05) is 0 Å².